The highest BCUT2D eigenvalue weighted by Crippen LogP contribution is 2.23. The topological polar surface area (TPSA) is 128 Å². The fourth-order valence-corrected chi connectivity index (χ4v) is 2.39. The SMILES string of the molecule is CO[C@@H]1O[C@@H]([C@H](O)CNC(=O)c2ccccc2)[C@H](O)[C@@H](O)[C@H]1O. The van der Waals surface area contributed by atoms with E-state index in [4.69, 9.17) is 9.47 Å². The van der Waals surface area contributed by atoms with Crippen LogP contribution in [0.3, 0.4) is 0 Å². The lowest BCUT2D eigenvalue weighted by Crippen LogP contribution is -2.62. The number of methoxy groups -OCH3 is 1. The average molecular weight is 327 g/mol. The van der Waals surface area contributed by atoms with E-state index in [0.29, 0.717) is 5.56 Å². The monoisotopic (exact) mass is 327 g/mol. The number of hydrogen-bond donors (Lipinski definition) is 5. The first kappa shape index (κ1) is 17.8. The first-order valence-corrected chi connectivity index (χ1v) is 7.19. The van der Waals surface area contributed by atoms with Crippen molar-refractivity contribution in [3.63, 3.8) is 0 Å². The first-order chi connectivity index (χ1) is 11.0. The number of benzene rings is 1. The lowest BCUT2D eigenvalue weighted by molar-refractivity contribution is -0.303. The summed E-state index contributed by atoms with van der Waals surface area (Å²) in [4.78, 5) is 11.9. The number of carbonyl (C=O) groups excluding carboxylic acids is 1. The van der Waals surface area contributed by atoms with E-state index in [9.17, 15) is 25.2 Å². The molecule has 1 amide bonds. The number of carbonyl (C=O) groups is 1. The van der Waals surface area contributed by atoms with Crippen LogP contribution in [-0.2, 0) is 9.47 Å². The van der Waals surface area contributed by atoms with E-state index in [2.05, 4.69) is 5.32 Å². The van der Waals surface area contributed by atoms with E-state index < -0.39 is 36.8 Å². The fourth-order valence-electron chi connectivity index (χ4n) is 2.39. The molecule has 0 aromatic heterocycles. The molecule has 0 unspecified atom stereocenters. The molecule has 8 heteroatoms. The van der Waals surface area contributed by atoms with Crippen molar-refractivity contribution in [3.05, 3.63) is 35.9 Å². The van der Waals surface area contributed by atoms with Gasteiger partial charge in [0.2, 0.25) is 0 Å². The molecule has 8 nitrogen and oxygen atoms in total. The molecule has 23 heavy (non-hydrogen) atoms. The van der Waals surface area contributed by atoms with Crippen LogP contribution in [0.5, 0.6) is 0 Å². The number of nitrogens with one attached hydrogen (secondary N) is 1. The van der Waals surface area contributed by atoms with Crippen molar-refractivity contribution in [1.29, 1.82) is 0 Å². The van der Waals surface area contributed by atoms with Crippen molar-refractivity contribution in [2.45, 2.75) is 36.8 Å². The predicted octanol–water partition coefficient (Wildman–Crippen LogP) is -1.77. The first-order valence-electron chi connectivity index (χ1n) is 7.19. The van der Waals surface area contributed by atoms with E-state index >= 15 is 0 Å². The predicted molar refractivity (Wildman–Crippen MR) is 78.5 cm³/mol. The lowest BCUT2D eigenvalue weighted by atomic mass is 9.95. The molecule has 1 fully saturated rings. The third kappa shape index (κ3) is 4.05. The molecule has 0 radical (unpaired) electrons. The second-order valence-corrected chi connectivity index (χ2v) is 5.32. The van der Waals surface area contributed by atoms with Crippen molar-refractivity contribution in [2.75, 3.05) is 13.7 Å². The van der Waals surface area contributed by atoms with Gasteiger partial charge in [0.25, 0.3) is 5.91 Å². The van der Waals surface area contributed by atoms with Crippen molar-refractivity contribution in [3.8, 4) is 0 Å². The highest BCUT2D eigenvalue weighted by molar-refractivity contribution is 5.94. The zero-order valence-electron chi connectivity index (χ0n) is 12.6. The Labute approximate surface area is 133 Å². The van der Waals surface area contributed by atoms with Gasteiger partial charge in [-0.05, 0) is 12.1 Å². The maximum atomic E-state index is 11.9. The summed E-state index contributed by atoms with van der Waals surface area (Å²) < 4.78 is 10.1. The van der Waals surface area contributed by atoms with E-state index in [1.807, 2.05) is 0 Å². The highest BCUT2D eigenvalue weighted by atomic mass is 16.7. The van der Waals surface area contributed by atoms with Gasteiger partial charge in [-0.2, -0.15) is 0 Å². The van der Waals surface area contributed by atoms with Gasteiger partial charge >= 0.3 is 0 Å². The summed E-state index contributed by atoms with van der Waals surface area (Å²) >= 11 is 0. The molecular formula is C15H21NO7. The second-order valence-electron chi connectivity index (χ2n) is 5.32. The van der Waals surface area contributed by atoms with Gasteiger partial charge in [0.1, 0.15) is 30.5 Å². The Kier molecular flexibility index (Phi) is 6.05. The highest BCUT2D eigenvalue weighted by Gasteiger charge is 2.46. The maximum Gasteiger partial charge on any atom is 0.251 e. The molecule has 1 aliphatic heterocycles. The molecule has 0 spiro atoms. The number of rotatable bonds is 5. The second kappa shape index (κ2) is 7.82. The van der Waals surface area contributed by atoms with Gasteiger partial charge in [-0.1, -0.05) is 18.2 Å². The largest absolute Gasteiger partial charge is 0.388 e. The van der Waals surface area contributed by atoms with Crippen LogP contribution in [0.1, 0.15) is 10.4 Å². The van der Waals surface area contributed by atoms with Gasteiger partial charge in [-0.3, -0.25) is 4.79 Å². The summed E-state index contributed by atoms with van der Waals surface area (Å²) in [7, 11) is 1.26. The lowest BCUT2D eigenvalue weighted by Gasteiger charge is -2.41. The summed E-state index contributed by atoms with van der Waals surface area (Å²) in [5.41, 5.74) is 0.426. The molecule has 1 aromatic carbocycles. The average Bonchev–Trinajstić information content (AvgIpc) is 2.58. The van der Waals surface area contributed by atoms with Crippen LogP contribution in [0, 0.1) is 0 Å². The Morgan fingerprint density at radius 1 is 1.22 bits per heavy atom. The number of hydrogen-bond acceptors (Lipinski definition) is 7. The third-order valence-corrected chi connectivity index (χ3v) is 3.73. The summed E-state index contributed by atoms with van der Waals surface area (Å²) in [5, 5.41) is 42.0. The Balaban J connectivity index is 1.94. The Morgan fingerprint density at radius 2 is 1.87 bits per heavy atom. The molecule has 0 aliphatic carbocycles. The van der Waals surface area contributed by atoms with Gasteiger partial charge in [-0.15, -0.1) is 0 Å². The van der Waals surface area contributed by atoms with Crippen molar-refractivity contribution >= 4 is 5.91 Å². The molecule has 1 aliphatic rings. The zero-order chi connectivity index (χ0) is 17.0. The minimum Gasteiger partial charge on any atom is -0.388 e. The molecule has 5 N–H and O–H groups in total. The minimum atomic E-state index is -1.53. The van der Waals surface area contributed by atoms with Gasteiger partial charge < -0.3 is 35.2 Å². The molecule has 1 aromatic rings. The van der Waals surface area contributed by atoms with Crippen LogP contribution >= 0.6 is 0 Å². The molecule has 128 valence electrons. The zero-order valence-corrected chi connectivity index (χ0v) is 12.6. The number of ether oxygens (including phenoxy) is 2. The van der Waals surface area contributed by atoms with Crippen LogP contribution in [0.2, 0.25) is 0 Å². The van der Waals surface area contributed by atoms with Crippen molar-refractivity contribution < 1.29 is 34.7 Å². The van der Waals surface area contributed by atoms with Gasteiger partial charge in [0, 0.05) is 19.2 Å². The van der Waals surface area contributed by atoms with Crippen LogP contribution in [0.15, 0.2) is 30.3 Å². The fraction of sp³-hybridized carbons (Fsp3) is 0.533. The molecular weight excluding hydrogens is 306 g/mol. The van der Waals surface area contributed by atoms with Gasteiger partial charge in [0.05, 0.1) is 0 Å². The number of amides is 1. The van der Waals surface area contributed by atoms with Crippen LogP contribution in [-0.4, -0.2) is 76.8 Å². The van der Waals surface area contributed by atoms with Gasteiger partial charge in [-0.25, -0.2) is 0 Å². The Hall–Kier alpha value is -1.55. The summed E-state index contributed by atoms with van der Waals surface area (Å²) in [6.45, 7) is -0.200. The van der Waals surface area contributed by atoms with E-state index in [-0.39, 0.29) is 12.5 Å². The van der Waals surface area contributed by atoms with Crippen molar-refractivity contribution in [2.24, 2.45) is 0 Å². The summed E-state index contributed by atoms with van der Waals surface area (Å²) in [6.07, 6.45) is -8.17. The van der Waals surface area contributed by atoms with Crippen LogP contribution < -0.4 is 5.32 Å². The quantitative estimate of drug-likeness (QED) is 0.433. The standard InChI is InChI=1S/C15H21NO7/c1-22-15-12(20)10(18)11(19)13(23-15)9(17)7-16-14(21)8-5-3-2-4-6-8/h2-6,9-13,15,17-20H,7H2,1H3,(H,16,21)/t9-,10-,11-,12-,13+,15-/m1/s1. The van der Waals surface area contributed by atoms with E-state index in [1.165, 1.54) is 7.11 Å². The van der Waals surface area contributed by atoms with Crippen molar-refractivity contribution in [1.82, 2.24) is 5.32 Å². The molecule has 1 heterocycles. The van der Waals surface area contributed by atoms with Crippen LogP contribution in [0.4, 0.5) is 0 Å². The number of aliphatic hydroxyl groups is 4. The van der Waals surface area contributed by atoms with E-state index in [1.54, 1.807) is 30.3 Å². The Bertz CT molecular complexity index is 510. The van der Waals surface area contributed by atoms with Gasteiger partial charge in [0.15, 0.2) is 6.29 Å². The summed E-state index contributed by atoms with van der Waals surface area (Å²) in [5.74, 6) is -0.390. The van der Waals surface area contributed by atoms with Crippen LogP contribution in [0.25, 0.3) is 0 Å². The Morgan fingerprint density at radius 3 is 2.48 bits per heavy atom. The maximum absolute atomic E-state index is 11.9. The third-order valence-electron chi connectivity index (χ3n) is 3.73. The normalized spacial score (nSPS) is 32.3. The molecule has 1 saturated heterocycles. The molecule has 0 bridgehead atoms. The molecule has 0 saturated carbocycles. The minimum absolute atomic E-state index is 0.200. The summed E-state index contributed by atoms with van der Waals surface area (Å²) in [6, 6.07) is 8.43. The molecule has 2 rings (SSSR count). The van der Waals surface area contributed by atoms with E-state index in [0.717, 1.165) is 0 Å². The number of aliphatic hydroxyl groups excluding tert-OH is 4. The molecule has 6 atom stereocenters. The smallest absolute Gasteiger partial charge is 0.251 e.